The van der Waals surface area contributed by atoms with Gasteiger partial charge in [0.15, 0.2) is 6.10 Å². The Hall–Kier alpha value is -2.37. The fourth-order valence-corrected chi connectivity index (χ4v) is 2.89. The molecule has 0 saturated heterocycles. The zero-order valence-electron chi connectivity index (χ0n) is 13.9. The van der Waals surface area contributed by atoms with Gasteiger partial charge in [0.05, 0.1) is 0 Å². The van der Waals surface area contributed by atoms with E-state index in [4.69, 9.17) is 10.5 Å². The number of hydrogen-bond donors (Lipinski definition) is 2. The maximum atomic E-state index is 12.0. The molecule has 130 valence electrons. The van der Waals surface area contributed by atoms with E-state index in [9.17, 15) is 14.4 Å². The Morgan fingerprint density at radius 1 is 1.21 bits per heavy atom. The van der Waals surface area contributed by atoms with Gasteiger partial charge in [0.2, 0.25) is 5.91 Å². The van der Waals surface area contributed by atoms with Gasteiger partial charge in [0.25, 0.3) is 5.91 Å². The van der Waals surface area contributed by atoms with Gasteiger partial charge in [-0.25, -0.2) is 0 Å². The van der Waals surface area contributed by atoms with Crippen molar-refractivity contribution in [2.24, 2.45) is 11.7 Å². The lowest BCUT2D eigenvalue weighted by atomic mass is 10.0. The van der Waals surface area contributed by atoms with Crippen LogP contribution in [-0.2, 0) is 14.3 Å². The summed E-state index contributed by atoms with van der Waals surface area (Å²) in [6.45, 7) is 1.54. The quantitative estimate of drug-likeness (QED) is 0.750. The summed E-state index contributed by atoms with van der Waals surface area (Å²) in [6, 6.07) is 6.20. The molecule has 6 nitrogen and oxygen atoms in total. The topological polar surface area (TPSA) is 98.5 Å². The van der Waals surface area contributed by atoms with Crippen LogP contribution in [0.1, 0.15) is 55.8 Å². The van der Waals surface area contributed by atoms with E-state index in [-0.39, 0.29) is 5.97 Å². The van der Waals surface area contributed by atoms with Gasteiger partial charge in [-0.05, 0) is 43.5 Å². The van der Waals surface area contributed by atoms with E-state index in [1.54, 1.807) is 19.1 Å². The van der Waals surface area contributed by atoms with E-state index in [1.807, 2.05) is 0 Å². The second-order valence-electron chi connectivity index (χ2n) is 6.25. The zero-order valence-corrected chi connectivity index (χ0v) is 13.9. The van der Waals surface area contributed by atoms with Gasteiger partial charge < -0.3 is 15.8 Å². The average Bonchev–Trinajstić information content (AvgIpc) is 3.06. The van der Waals surface area contributed by atoms with Crippen LogP contribution in [0.3, 0.4) is 0 Å². The lowest BCUT2D eigenvalue weighted by Crippen LogP contribution is -2.30. The molecule has 0 heterocycles. The molecular formula is C18H24N2O4. The van der Waals surface area contributed by atoms with Gasteiger partial charge in [0.1, 0.15) is 0 Å². The van der Waals surface area contributed by atoms with E-state index < -0.39 is 17.9 Å². The maximum Gasteiger partial charge on any atom is 0.306 e. The molecule has 2 amide bonds. The number of nitrogens with two attached hydrogens (primary N) is 1. The highest BCUT2D eigenvalue weighted by Gasteiger charge is 2.20. The first-order valence-electron chi connectivity index (χ1n) is 8.36. The number of anilines is 1. The molecular weight excluding hydrogens is 308 g/mol. The van der Waals surface area contributed by atoms with Gasteiger partial charge in [-0.15, -0.1) is 0 Å². The summed E-state index contributed by atoms with van der Waals surface area (Å²) in [5.74, 6) is -0.660. The smallest absolute Gasteiger partial charge is 0.306 e. The third-order valence-electron chi connectivity index (χ3n) is 4.35. The Balaban J connectivity index is 1.76. The van der Waals surface area contributed by atoms with Crippen LogP contribution in [0.25, 0.3) is 0 Å². The van der Waals surface area contributed by atoms with Crippen molar-refractivity contribution in [1.82, 2.24) is 0 Å². The SMILES string of the molecule is C[C@H](OC(=O)CCC1CCCC1)C(=O)Nc1ccc(C(N)=O)cc1. The monoisotopic (exact) mass is 332 g/mol. The molecule has 1 aromatic carbocycles. The standard InChI is InChI=1S/C18H24N2O4/c1-12(24-16(21)11-6-13-4-2-3-5-13)18(23)20-15-9-7-14(8-10-15)17(19)22/h7-10,12-13H,2-6,11H2,1H3,(H2,19,22)(H,20,23)/t12-/m0/s1. The number of primary amides is 1. The molecule has 1 fully saturated rings. The molecule has 0 aliphatic heterocycles. The first kappa shape index (κ1) is 18.0. The number of benzene rings is 1. The summed E-state index contributed by atoms with van der Waals surface area (Å²) in [7, 11) is 0. The highest BCUT2D eigenvalue weighted by Crippen LogP contribution is 2.28. The number of ether oxygens (including phenoxy) is 1. The van der Waals surface area contributed by atoms with E-state index in [1.165, 1.54) is 37.8 Å². The lowest BCUT2D eigenvalue weighted by molar-refractivity contribution is -0.153. The summed E-state index contributed by atoms with van der Waals surface area (Å²) >= 11 is 0. The van der Waals surface area contributed by atoms with Crippen molar-refractivity contribution in [3.8, 4) is 0 Å². The maximum absolute atomic E-state index is 12.0. The van der Waals surface area contributed by atoms with Crippen molar-refractivity contribution in [3.05, 3.63) is 29.8 Å². The summed E-state index contributed by atoms with van der Waals surface area (Å²) in [6.07, 6.45) is 5.18. The number of nitrogens with one attached hydrogen (secondary N) is 1. The molecule has 0 unspecified atom stereocenters. The molecule has 24 heavy (non-hydrogen) atoms. The van der Waals surface area contributed by atoms with Gasteiger partial charge in [-0.1, -0.05) is 25.7 Å². The third kappa shape index (κ3) is 5.37. The number of amides is 2. The molecule has 0 spiro atoms. The predicted octanol–water partition coefficient (Wildman–Crippen LogP) is 2.63. The van der Waals surface area contributed by atoms with Crippen molar-refractivity contribution >= 4 is 23.5 Å². The van der Waals surface area contributed by atoms with Crippen molar-refractivity contribution < 1.29 is 19.1 Å². The molecule has 3 N–H and O–H groups in total. The van der Waals surface area contributed by atoms with Gasteiger partial charge in [-0.3, -0.25) is 14.4 Å². The van der Waals surface area contributed by atoms with Crippen molar-refractivity contribution in [3.63, 3.8) is 0 Å². The van der Waals surface area contributed by atoms with E-state index in [2.05, 4.69) is 5.32 Å². The predicted molar refractivity (Wildman–Crippen MR) is 90.3 cm³/mol. The van der Waals surface area contributed by atoms with E-state index in [0.717, 1.165) is 6.42 Å². The minimum atomic E-state index is -0.864. The Kier molecular flexibility index (Phi) is 6.35. The second-order valence-corrected chi connectivity index (χ2v) is 6.25. The third-order valence-corrected chi connectivity index (χ3v) is 4.35. The Labute approximate surface area is 141 Å². The normalized spacial score (nSPS) is 15.7. The fourth-order valence-electron chi connectivity index (χ4n) is 2.89. The van der Waals surface area contributed by atoms with Crippen LogP contribution in [0.15, 0.2) is 24.3 Å². The molecule has 6 heteroatoms. The summed E-state index contributed by atoms with van der Waals surface area (Å²) < 4.78 is 5.18. The van der Waals surface area contributed by atoms with Gasteiger partial charge in [0, 0.05) is 17.7 Å². The molecule has 0 aromatic heterocycles. The van der Waals surface area contributed by atoms with Gasteiger partial charge in [-0.2, -0.15) is 0 Å². The number of carbonyl (C=O) groups excluding carboxylic acids is 3. The fraction of sp³-hybridized carbons (Fsp3) is 0.500. The average molecular weight is 332 g/mol. The van der Waals surface area contributed by atoms with Crippen molar-refractivity contribution in [2.45, 2.75) is 51.6 Å². The van der Waals surface area contributed by atoms with Crippen LogP contribution in [0, 0.1) is 5.92 Å². The first-order valence-corrected chi connectivity index (χ1v) is 8.36. The van der Waals surface area contributed by atoms with Crippen molar-refractivity contribution in [1.29, 1.82) is 0 Å². The van der Waals surface area contributed by atoms with Crippen LogP contribution >= 0.6 is 0 Å². The minimum absolute atomic E-state index is 0.339. The molecule has 1 atom stereocenters. The number of esters is 1. The van der Waals surface area contributed by atoms with Crippen LogP contribution in [-0.4, -0.2) is 23.9 Å². The highest BCUT2D eigenvalue weighted by atomic mass is 16.5. The molecule has 1 aromatic rings. The Morgan fingerprint density at radius 3 is 2.42 bits per heavy atom. The number of rotatable bonds is 7. The first-order chi connectivity index (χ1) is 11.5. The molecule has 1 aliphatic rings. The van der Waals surface area contributed by atoms with Crippen LogP contribution in [0.4, 0.5) is 5.69 Å². The Bertz CT molecular complexity index is 592. The molecule has 0 radical (unpaired) electrons. The summed E-state index contributed by atoms with van der Waals surface area (Å²) in [4.78, 5) is 34.9. The molecule has 2 rings (SSSR count). The minimum Gasteiger partial charge on any atom is -0.453 e. The Morgan fingerprint density at radius 2 is 1.83 bits per heavy atom. The highest BCUT2D eigenvalue weighted by molar-refractivity contribution is 5.96. The van der Waals surface area contributed by atoms with Crippen LogP contribution in [0.2, 0.25) is 0 Å². The van der Waals surface area contributed by atoms with Gasteiger partial charge >= 0.3 is 5.97 Å². The largest absolute Gasteiger partial charge is 0.453 e. The molecule has 1 aliphatic carbocycles. The van der Waals surface area contributed by atoms with Crippen LogP contribution < -0.4 is 11.1 Å². The van der Waals surface area contributed by atoms with E-state index >= 15 is 0 Å². The number of hydrogen-bond acceptors (Lipinski definition) is 4. The van der Waals surface area contributed by atoms with E-state index in [0.29, 0.717) is 23.6 Å². The number of carbonyl (C=O) groups is 3. The summed E-state index contributed by atoms with van der Waals surface area (Å²) in [5, 5.41) is 2.64. The van der Waals surface area contributed by atoms with Crippen molar-refractivity contribution in [2.75, 3.05) is 5.32 Å². The lowest BCUT2D eigenvalue weighted by Gasteiger charge is -2.14. The molecule has 0 bridgehead atoms. The summed E-state index contributed by atoms with van der Waals surface area (Å²) in [5.41, 5.74) is 6.03. The zero-order chi connectivity index (χ0) is 17.5. The molecule has 1 saturated carbocycles. The van der Waals surface area contributed by atoms with Crippen LogP contribution in [0.5, 0.6) is 0 Å². The second kappa shape index (κ2) is 8.47.